The zero-order valence-electron chi connectivity index (χ0n) is 12.2. The number of nitro benzene ring substituents is 1. The van der Waals surface area contributed by atoms with Crippen LogP contribution in [0.3, 0.4) is 0 Å². The van der Waals surface area contributed by atoms with Gasteiger partial charge < -0.3 is 5.32 Å². The molecule has 0 unspecified atom stereocenters. The van der Waals surface area contributed by atoms with Crippen molar-refractivity contribution in [3.63, 3.8) is 0 Å². The average molecular weight is 381 g/mol. The van der Waals surface area contributed by atoms with Crippen molar-refractivity contribution in [3.05, 3.63) is 39.9 Å². The molecule has 23 heavy (non-hydrogen) atoms. The lowest BCUT2D eigenvalue weighted by Crippen LogP contribution is -2.56. The Labute approximate surface area is 148 Å². The van der Waals surface area contributed by atoms with Gasteiger partial charge in [-0.25, -0.2) is 0 Å². The van der Waals surface area contributed by atoms with Gasteiger partial charge in [-0.05, 0) is 18.9 Å². The van der Waals surface area contributed by atoms with Crippen LogP contribution < -0.4 is 5.32 Å². The molecule has 0 aliphatic carbocycles. The van der Waals surface area contributed by atoms with Crippen LogP contribution in [-0.4, -0.2) is 38.8 Å². The number of halogens is 3. The Bertz CT molecular complexity index is 586. The molecule has 1 aliphatic rings. The Balaban J connectivity index is 2.22. The molecule has 1 saturated heterocycles. The fourth-order valence-corrected chi connectivity index (χ4v) is 3.16. The normalized spacial score (nSPS) is 17.5. The summed E-state index contributed by atoms with van der Waals surface area (Å²) in [6, 6.07) is 5.68. The van der Waals surface area contributed by atoms with E-state index in [1.807, 2.05) is 4.90 Å². The maximum Gasteiger partial charge on any atom is 0.282 e. The second kappa shape index (κ2) is 7.66. The molecule has 126 valence electrons. The number of nitrogens with zero attached hydrogens (tertiary/aromatic N) is 2. The van der Waals surface area contributed by atoms with Gasteiger partial charge in [0.1, 0.15) is 11.7 Å². The molecule has 1 fully saturated rings. The highest BCUT2D eigenvalue weighted by molar-refractivity contribution is 6.68. The van der Waals surface area contributed by atoms with Crippen molar-refractivity contribution in [2.24, 2.45) is 0 Å². The van der Waals surface area contributed by atoms with Crippen LogP contribution in [-0.2, 0) is 0 Å². The molecule has 0 radical (unpaired) electrons. The second-order valence-corrected chi connectivity index (χ2v) is 7.66. The largest absolute Gasteiger partial charge is 0.332 e. The first-order chi connectivity index (χ1) is 10.8. The number of nitro groups is 1. The van der Waals surface area contributed by atoms with E-state index in [2.05, 4.69) is 5.32 Å². The van der Waals surface area contributed by atoms with E-state index in [0.29, 0.717) is 13.1 Å². The number of hydrogen-bond donors (Lipinski definition) is 1. The van der Waals surface area contributed by atoms with Gasteiger partial charge in [-0.15, -0.1) is 0 Å². The van der Waals surface area contributed by atoms with Crippen LogP contribution in [0, 0.1) is 10.1 Å². The lowest BCUT2D eigenvalue weighted by molar-refractivity contribution is -0.385. The summed E-state index contributed by atoms with van der Waals surface area (Å²) < 4.78 is -1.74. The fraction of sp³-hybridized carbons (Fsp3) is 0.500. The molecule has 9 heteroatoms. The molecule has 0 aromatic heterocycles. The summed E-state index contributed by atoms with van der Waals surface area (Å²) >= 11 is 18.0. The zero-order chi connectivity index (χ0) is 17.0. The van der Waals surface area contributed by atoms with E-state index >= 15 is 0 Å². The molecule has 6 nitrogen and oxygen atoms in total. The molecule has 1 N–H and O–H groups in total. The predicted octanol–water partition coefficient (Wildman–Crippen LogP) is 3.51. The topological polar surface area (TPSA) is 75.5 Å². The number of alkyl halides is 3. The molecule has 1 aliphatic heterocycles. The number of nitrogens with one attached hydrogen (secondary N) is 1. The van der Waals surface area contributed by atoms with Crippen LogP contribution in [0.5, 0.6) is 0 Å². The molecule has 1 heterocycles. The van der Waals surface area contributed by atoms with E-state index in [0.717, 1.165) is 19.3 Å². The van der Waals surface area contributed by atoms with Crippen LogP contribution >= 0.6 is 34.8 Å². The zero-order valence-corrected chi connectivity index (χ0v) is 14.4. The standard InChI is InChI=1S/C14H16Cl3N3O3/c15-14(16,17)13(19-8-4-1-5-9-19)18-12(21)10-6-2-3-7-11(10)20(22)23/h2-3,6-7,13H,1,4-5,8-9H2,(H,18,21)/t13-/m1/s1. The summed E-state index contributed by atoms with van der Waals surface area (Å²) in [6.45, 7) is 1.38. The third-order valence-electron chi connectivity index (χ3n) is 3.68. The number of hydrogen-bond acceptors (Lipinski definition) is 4. The highest BCUT2D eigenvalue weighted by atomic mass is 35.6. The minimum atomic E-state index is -1.74. The number of benzene rings is 1. The first-order valence-corrected chi connectivity index (χ1v) is 8.29. The SMILES string of the molecule is O=C(N[C@H](N1CCCCC1)C(Cl)(Cl)Cl)c1ccccc1[N+](=O)[O-]. The van der Waals surface area contributed by atoms with Gasteiger partial charge in [0.25, 0.3) is 11.6 Å². The summed E-state index contributed by atoms with van der Waals surface area (Å²) in [5.74, 6) is -0.640. The lowest BCUT2D eigenvalue weighted by atomic mass is 10.1. The summed E-state index contributed by atoms with van der Waals surface area (Å²) in [5.41, 5.74) is -0.347. The third kappa shape index (κ3) is 4.70. The Morgan fingerprint density at radius 3 is 2.39 bits per heavy atom. The predicted molar refractivity (Wildman–Crippen MR) is 90.1 cm³/mol. The molecule has 2 rings (SSSR count). The Morgan fingerprint density at radius 1 is 1.22 bits per heavy atom. The van der Waals surface area contributed by atoms with Crippen molar-refractivity contribution < 1.29 is 9.72 Å². The van der Waals surface area contributed by atoms with Crippen LogP contribution in [0.1, 0.15) is 29.6 Å². The molecule has 1 aromatic carbocycles. The van der Waals surface area contributed by atoms with Crippen LogP contribution in [0.25, 0.3) is 0 Å². The van der Waals surface area contributed by atoms with E-state index in [9.17, 15) is 14.9 Å². The molecular weight excluding hydrogens is 365 g/mol. The summed E-state index contributed by atoms with van der Waals surface area (Å²) in [5, 5.41) is 13.7. The molecule has 1 atom stereocenters. The van der Waals surface area contributed by atoms with E-state index in [1.165, 1.54) is 18.2 Å². The number of amides is 1. The van der Waals surface area contributed by atoms with Gasteiger partial charge in [-0.1, -0.05) is 53.4 Å². The second-order valence-electron chi connectivity index (χ2n) is 5.29. The van der Waals surface area contributed by atoms with E-state index in [-0.39, 0.29) is 11.3 Å². The highest BCUT2D eigenvalue weighted by Gasteiger charge is 2.39. The van der Waals surface area contributed by atoms with Gasteiger partial charge in [0, 0.05) is 19.2 Å². The van der Waals surface area contributed by atoms with Crippen molar-refractivity contribution in [2.75, 3.05) is 13.1 Å². The molecular formula is C14H16Cl3N3O3. The fourth-order valence-electron chi connectivity index (χ4n) is 2.58. The summed E-state index contributed by atoms with van der Waals surface area (Å²) in [7, 11) is 0. The van der Waals surface area contributed by atoms with Crippen LogP contribution in [0.15, 0.2) is 24.3 Å². The van der Waals surface area contributed by atoms with E-state index < -0.39 is 20.8 Å². The number of rotatable bonds is 4. The van der Waals surface area contributed by atoms with Crippen molar-refractivity contribution in [1.82, 2.24) is 10.2 Å². The van der Waals surface area contributed by atoms with Gasteiger partial charge in [0.15, 0.2) is 0 Å². The van der Waals surface area contributed by atoms with Crippen molar-refractivity contribution >= 4 is 46.4 Å². The highest BCUT2D eigenvalue weighted by Crippen LogP contribution is 2.34. The third-order valence-corrected chi connectivity index (χ3v) is 4.30. The van der Waals surface area contributed by atoms with Gasteiger partial charge >= 0.3 is 0 Å². The molecule has 0 saturated carbocycles. The lowest BCUT2D eigenvalue weighted by Gasteiger charge is -2.38. The molecule has 1 amide bonds. The van der Waals surface area contributed by atoms with Gasteiger partial charge in [-0.3, -0.25) is 19.8 Å². The number of likely N-dealkylation sites (tertiary alicyclic amines) is 1. The Hall–Kier alpha value is -1.08. The first kappa shape index (κ1) is 18.3. The number of carbonyl (C=O) groups is 1. The first-order valence-electron chi connectivity index (χ1n) is 7.16. The Kier molecular flexibility index (Phi) is 6.08. The van der Waals surface area contributed by atoms with E-state index in [1.54, 1.807) is 6.07 Å². The van der Waals surface area contributed by atoms with Crippen LogP contribution in [0.2, 0.25) is 0 Å². The maximum atomic E-state index is 12.5. The number of piperidine rings is 1. The molecule has 0 bridgehead atoms. The number of para-hydroxylation sites is 1. The van der Waals surface area contributed by atoms with Crippen molar-refractivity contribution in [2.45, 2.75) is 29.2 Å². The quantitative estimate of drug-likeness (QED) is 0.493. The minimum Gasteiger partial charge on any atom is -0.332 e. The van der Waals surface area contributed by atoms with Gasteiger partial charge in [0.05, 0.1) is 4.92 Å². The summed E-state index contributed by atoms with van der Waals surface area (Å²) in [6.07, 6.45) is 2.12. The maximum absolute atomic E-state index is 12.5. The van der Waals surface area contributed by atoms with Gasteiger partial charge in [-0.2, -0.15) is 0 Å². The molecule has 0 spiro atoms. The summed E-state index contributed by atoms with van der Waals surface area (Å²) in [4.78, 5) is 24.8. The van der Waals surface area contributed by atoms with Gasteiger partial charge in [0.2, 0.25) is 3.79 Å². The Morgan fingerprint density at radius 2 is 1.83 bits per heavy atom. The molecule has 1 aromatic rings. The van der Waals surface area contributed by atoms with Crippen molar-refractivity contribution in [1.29, 1.82) is 0 Å². The van der Waals surface area contributed by atoms with Crippen LogP contribution in [0.4, 0.5) is 5.69 Å². The number of carbonyl (C=O) groups excluding carboxylic acids is 1. The van der Waals surface area contributed by atoms with E-state index in [4.69, 9.17) is 34.8 Å². The van der Waals surface area contributed by atoms with Crippen molar-refractivity contribution in [3.8, 4) is 0 Å². The minimum absolute atomic E-state index is 0.0613. The average Bonchev–Trinajstić information content (AvgIpc) is 2.52. The smallest absolute Gasteiger partial charge is 0.282 e. The monoisotopic (exact) mass is 379 g/mol.